The van der Waals surface area contributed by atoms with Crippen LogP contribution in [0.5, 0.6) is 5.75 Å². The summed E-state index contributed by atoms with van der Waals surface area (Å²) in [6, 6.07) is 23.9. The van der Waals surface area contributed by atoms with Gasteiger partial charge in [-0.2, -0.15) is 0 Å². The highest BCUT2D eigenvalue weighted by atomic mass is 16.5. The summed E-state index contributed by atoms with van der Waals surface area (Å²) in [5, 5.41) is 13.3. The van der Waals surface area contributed by atoms with E-state index in [9.17, 15) is 9.90 Å². The second-order valence-electron chi connectivity index (χ2n) is 8.72. The largest absolute Gasteiger partial charge is 0.495 e. The van der Waals surface area contributed by atoms with E-state index in [1.165, 1.54) is 0 Å². The molecule has 0 bridgehead atoms. The Kier molecular flexibility index (Phi) is 5.68. The van der Waals surface area contributed by atoms with Gasteiger partial charge in [0, 0.05) is 25.2 Å². The Morgan fingerprint density at radius 3 is 2.58 bits per heavy atom. The molecule has 33 heavy (non-hydrogen) atoms. The smallest absolute Gasteiger partial charge is 0.322 e. The minimum Gasteiger partial charge on any atom is -0.495 e. The van der Waals surface area contributed by atoms with Gasteiger partial charge in [0.05, 0.1) is 31.5 Å². The molecule has 3 aromatic rings. The predicted octanol–water partition coefficient (Wildman–Crippen LogP) is 4.77. The number of fused-ring (bicyclic) bond motifs is 3. The summed E-state index contributed by atoms with van der Waals surface area (Å²) in [5.41, 5.74) is 5.11. The molecule has 0 spiro atoms. The van der Waals surface area contributed by atoms with Gasteiger partial charge in [-0.3, -0.25) is 0 Å². The number of para-hydroxylation sites is 2. The van der Waals surface area contributed by atoms with Gasteiger partial charge in [0.2, 0.25) is 0 Å². The van der Waals surface area contributed by atoms with E-state index < -0.39 is 0 Å². The molecular weight excluding hydrogens is 414 g/mol. The Morgan fingerprint density at radius 2 is 1.82 bits per heavy atom. The van der Waals surface area contributed by atoms with Crippen LogP contribution in [0, 0.1) is 5.92 Å². The van der Waals surface area contributed by atoms with Crippen LogP contribution in [0.3, 0.4) is 0 Å². The van der Waals surface area contributed by atoms with Crippen LogP contribution in [-0.2, 0) is 0 Å². The molecule has 0 aromatic heterocycles. The van der Waals surface area contributed by atoms with Gasteiger partial charge in [0.25, 0.3) is 0 Å². The number of hydrogen-bond donors (Lipinski definition) is 2. The molecule has 2 amide bonds. The molecule has 1 fully saturated rings. The highest BCUT2D eigenvalue weighted by molar-refractivity contribution is 5.92. The number of carbonyl (C=O) groups is 1. The molecule has 1 saturated heterocycles. The summed E-state index contributed by atoms with van der Waals surface area (Å²) in [5.74, 6) is 0.784. The SMILES string of the molecule is COc1ccccc1NC(=O)N1CC[C@H]2[C@@H]1c1cc(-c3ccccc3)ccc1N(C)[C@H]2CO. The Bertz CT molecular complexity index is 1150. The van der Waals surface area contributed by atoms with E-state index in [0.717, 1.165) is 28.8 Å². The molecule has 6 nitrogen and oxygen atoms in total. The fourth-order valence-electron chi connectivity index (χ4n) is 5.43. The number of carbonyl (C=O) groups excluding carboxylic acids is 1. The maximum absolute atomic E-state index is 13.5. The molecule has 0 aliphatic carbocycles. The Balaban J connectivity index is 1.53. The van der Waals surface area contributed by atoms with Crippen molar-refractivity contribution in [3.05, 3.63) is 78.4 Å². The monoisotopic (exact) mass is 443 g/mol. The first kappa shape index (κ1) is 21.3. The summed E-state index contributed by atoms with van der Waals surface area (Å²) < 4.78 is 5.41. The molecule has 2 heterocycles. The van der Waals surface area contributed by atoms with E-state index in [2.05, 4.69) is 40.5 Å². The third-order valence-electron chi connectivity index (χ3n) is 7.07. The van der Waals surface area contributed by atoms with Crippen LogP contribution in [0.4, 0.5) is 16.2 Å². The molecule has 6 heteroatoms. The van der Waals surface area contributed by atoms with Crippen molar-refractivity contribution in [2.24, 2.45) is 5.92 Å². The number of rotatable bonds is 4. The molecule has 170 valence electrons. The summed E-state index contributed by atoms with van der Waals surface area (Å²) in [4.78, 5) is 17.6. The Morgan fingerprint density at radius 1 is 1.06 bits per heavy atom. The van der Waals surface area contributed by atoms with Gasteiger partial charge in [0.15, 0.2) is 0 Å². The van der Waals surface area contributed by atoms with Crippen molar-refractivity contribution >= 4 is 17.4 Å². The van der Waals surface area contributed by atoms with Crippen LogP contribution in [0.15, 0.2) is 72.8 Å². The fourth-order valence-corrected chi connectivity index (χ4v) is 5.43. The average Bonchev–Trinajstić information content (AvgIpc) is 3.30. The van der Waals surface area contributed by atoms with Crippen molar-refractivity contribution in [2.75, 3.05) is 37.5 Å². The number of nitrogens with one attached hydrogen (secondary N) is 1. The number of benzene rings is 3. The minimum absolute atomic E-state index is 0.0332. The van der Waals surface area contributed by atoms with Crippen molar-refractivity contribution in [1.82, 2.24) is 4.90 Å². The molecule has 3 atom stereocenters. The van der Waals surface area contributed by atoms with Crippen molar-refractivity contribution in [3.63, 3.8) is 0 Å². The number of likely N-dealkylation sites (tertiary alicyclic amines) is 1. The Labute approximate surface area is 194 Å². The maximum atomic E-state index is 13.5. The molecule has 0 unspecified atom stereocenters. The number of anilines is 2. The first-order valence-corrected chi connectivity index (χ1v) is 11.4. The zero-order chi connectivity index (χ0) is 22.9. The lowest BCUT2D eigenvalue weighted by molar-refractivity contribution is 0.168. The van der Waals surface area contributed by atoms with Crippen LogP contribution >= 0.6 is 0 Å². The number of urea groups is 1. The van der Waals surface area contributed by atoms with E-state index in [0.29, 0.717) is 18.0 Å². The molecule has 2 N–H and O–H groups in total. The molecule has 2 aliphatic heterocycles. The Hall–Kier alpha value is -3.51. The number of likely N-dealkylation sites (N-methyl/N-ethyl adjacent to an activating group) is 1. The minimum atomic E-state index is -0.149. The van der Waals surface area contributed by atoms with E-state index in [1.807, 2.05) is 54.4 Å². The fraction of sp³-hybridized carbons (Fsp3) is 0.296. The van der Waals surface area contributed by atoms with Gasteiger partial charge in [0.1, 0.15) is 5.75 Å². The summed E-state index contributed by atoms with van der Waals surface area (Å²) in [6.45, 7) is 0.690. The van der Waals surface area contributed by atoms with Gasteiger partial charge >= 0.3 is 6.03 Å². The van der Waals surface area contributed by atoms with Crippen LogP contribution in [0.2, 0.25) is 0 Å². The lowest BCUT2D eigenvalue weighted by Crippen LogP contribution is -2.48. The summed E-state index contributed by atoms with van der Waals surface area (Å²) in [6.07, 6.45) is 0.842. The number of hydrogen-bond acceptors (Lipinski definition) is 4. The summed E-state index contributed by atoms with van der Waals surface area (Å²) >= 11 is 0. The van der Waals surface area contributed by atoms with Gasteiger partial charge in [-0.1, -0.05) is 48.5 Å². The third kappa shape index (κ3) is 3.70. The quantitative estimate of drug-likeness (QED) is 0.610. The second-order valence-corrected chi connectivity index (χ2v) is 8.72. The van der Waals surface area contributed by atoms with Crippen LogP contribution in [-0.4, -0.2) is 49.4 Å². The number of ether oxygens (including phenoxy) is 1. The lowest BCUT2D eigenvalue weighted by Gasteiger charge is -2.44. The molecule has 2 aliphatic rings. The lowest BCUT2D eigenvalue weighted by atomic mass is 9.81. The number of amides is 2. The number of nitrogens with zero attached hydrogens (tertiary/aromatic N) is 2. The second kappa shape index (κ2) is 8.79. The standard InChI is InChI=1S/C27H29N3O3/c1-29-23-13-12-19(18-8-4-3-5-9-18)16-21(23)26-20(24(29)17-31)14-15-30(26)27(32)28-22-10-6-7-11-25(22)33-2/h3-13,16,20,24,26,31H,14-15,17H2,1-2H3,(H,28,32)/t20-,24+,26-/m1/s1. The van der Waals surface area contributed by atoms with Gasteiger partial charge in [-0.25, -0.2) is 4.79 Å². The van der Waals surface area contributed by atoms with Gasteiger partial charge in [-0.05, 0) is 47.4 Å². The van der Waals surface area contributed by atoms with E-state index >= 15 is 0 Å². The van der Waals surface area contributed by atoms with Crippen molar-refractivity contribution in [3.8, 4) is 16.9 Å². The molecular formula is C27H29N3O3. The van der Waals surface area contributed by atoms with Gasteiger partial charge in [-0.15, -0.1) is 0 Å². The molecule has 3 aromatic carbocycles. The highest BCUT2D eigenvalue weighted by Gasteiger charge is 2.47. The first-order valence-electron chi connectivity index (χ1n) is 11.4. The van der Waals surface area contributed by atoms with Crippen molar-refractivity contribution < 1.29 is 14.6 Å². The molecule has 5 rings (SSSR count). The third-order valence-corrected chi connectivity index (χ3v) is 7.07. The number of methoxy groups -OCH3 is 1. The zero-order valence-electron chi connectivity index (χ0n) is 18.9. The first-order chi connectivity index (χ1) is 16.1. The molecule has 0 radical (unpaired) electrons. The zero-order valence-corrected chi connectivity index (χ0v) is 18.9. The summed E-state index contributed by atoms with van der Waals surface area (Å²) in [7, 11) is 3.64. The van der Waals surface area contributed by atoms with Crippen LogP contribution in [0.25, 0.3) is 11.1 Å². The van der Waals surface area contributed by atoms with Crippen molar-refractivity contribution in [2.45, 2.75) is 18.5 Å². The van der Waals surface area contributed by atoms with Crippen LogP contribution in [0.1, 0.15) is 18.0 Å². The van der Waals surface area contributed by atoms with E-state index in [1.54, 1.807) is 7.11 Å². The maximum Gasteiger partial charge on any atom is 0.322 e. The van der Waals surface area contributed by atoms with E-state index in [-0.39, 0.29) is 30.6 Å². The topological polar surface area (TPSA) is 65.0 Å². The van der Waals surface area contributed by atoms with Crippen molar-refractivity contribution in [1.29, 1.82) is 0 Å². The normalized spacial score (nSPS) is 21.4. The number of aliphatic hydroxyl groups excluding tert-OH is 1. The van der Waals surface area contributed by atoms with Crippen LogP contribution < -0.4 is 15.0 Å². The van der Waals surface area contributed by atoms with Gasteiger partial charge < -0.3 is 25.0 Å². The average molecular weight is 444 g/mol. The predicted molar refractivity (Wildman–Crippen MR) is 131 cm³/mol. The number of aliphatic hydroxyl groups is 1. The highest BCUT2D eigenvalue weighted by Crippen LogP contribution is 2.49. The molecule has 0 saturated carbocycles. The van der Waals surface area contributed by atoms with E-state index in [4.69, 9.17) is 4.74 Å².